The molecule has 0 saturated carbocycles. The lowest BCUT2D eigenvalue weighted by molar-refractivity contribution is 0.0516. The van der Waals surface area contributed by atoms with Gasteiger partial charge in [0, 0.05) is 48.1 Å². The van der Waals surface area contributed by atoms with Gasteiger partial charge in [0.2, 0.25) is 0 Å². The molecular weight excluding hydrogens is 646 g/mol. The molecule has 7 rings (SSSR count). The number of para-hydroxylation sites is 1. The van der Waals surface area contributed by atoms with Gasteiger partial charge in [-0.25, -0.2) is 9.18 Å². The maximum absolute atomic E-state index is 15.7. The number of amides is 1. The number of nitrogens with zero attached hydrogens (tertiary/aromatic N) is 4. The van der Waals surface area contributed by atoms with Gasteiger partial charge >= 0.3 is 5.97 Å². The van der Waals surface area contributed by atoms with Crippen molar-refractivity contribution >= 4 is 46.5 Å². The molecule has 2 bridgehead atoms. The molecule has 0 radical (unpaired) electrons. The van der Waals surface area contributed by atoms with E-state index in [0.29, 0.717) is 41.8 Å². The molecule has 3 aromatic carbocycles. The molecule has 1 N–H and O–H groups in total. The Hall–Kier alpha value is -3.57. The van der Waals surface area contributed by atoms with Gasteiger partial charge in [0.25, 0.3) is 5.91 Å². The minimum Gasteiger partial charge on any atom is -0.478 e. The molecule has 0 aliphatic carbocycles. The molecule has 47 heavy (non-hydrogen) atoms. The molecule has 3 fully saturated rings. The SMILES string of the molecule is CC[C@@H]1CN(C)CCN1c1cc(Cl)c(C(=O)N2COc3c(cccc3-c3cc(N4C5CCC4COC5)c(C(=O)O)cc3F)C2)c(Cl)c1. The van der Waals surface area contributed by atoms with Crippen molar-refractivity contribution in [1.82, 2.24) is 9.80 Å². The van der Waals surface area contributed by atoms with Crippen LogP contribution in [0, 0.1) is 5.82 Å². The number of morpholine rings is 1. The zero-order chi connectivity index (χ0) is 33.0. The number of carbonyl (C=O) groups excluding carboxylic acids is 1. The highest BCUT2D eigenvalue weighted by Gasteiger charge is 2.40. The summed E-state index contributed by atoms with van der Waals surface area (Å²) in [5.74, 6) is -1.76. The van der Waals surface area contributed by atoms with Gasteiger partial charge < -0.3 is 34.2 Å². The normalized spacial score (nSPS) is 22.7. The smallest absolute Gasteiger partial charge is 0.337 e. The largest absolute Gasteiger partial charge is 0.478 e. The van der Waals surface area contributed by atoms with Crippen LogP contribution in [0.4, 0.5) is 15.8 Å². The van der Waals surface area contributed by atoms with Crippen molar-refractivity contribution in [3.05, 3.63) is 75.0 Å². The Morgan fingerprint density at radius 3 is 2.43 bits per heavy atom. The van der Waals surface area contributed by atoms with Crippen molar-refractivity contribution < 1.29 is 28.6 Å². The highest BCUT2D eigenvalue weighted by atomic mass is 35.5. The molecule has 3 atom stereocenters. The molecule has 4 heterocycles. The van der Waals surface area contributed by atoms with Gasteiger partial charge in [-0.3, -0.25) is 4.79 Å². The summed E-state index contributed by atoms with van der Waals surface area (Å²) in [4.78, 5) is 34.2. The lowest BCUT2D eigenvalue weighted by Crippen LogP contribution is -2.51. The minimum atomic E-state index is -1.18. The first-order chi connectivity index (χ1) is 22.6. The second kappa shape index (κ2) is 12.8. The number of likely N-dealkylation sites (N-methyl/N-ethyl adjacent to an activating group) is 1. The fourth-order valence-electron chi connectivity index (χ4n) is 7.58. The van der Waals surface area contributed by atoms with Crippen molar-refractivity contribution in [3.63, 3.8) is 0 Å². The van der Waals surface area contributed by atoms with Crippen LogP contribution in [0.25, 0.3) is 11.1 Å². The van der Waals surface area contributed by atoms with E-state index in [1.165, 1.54) is 4.90 Å². The number of anilines is 2. The van der Waals surface area contributed by atoms with Crippen LogP contribution in [0.2, 0.25) is 10.0 Å². The van der Waals surface area contributed by atoms with E-state index in [0.717, 1.165) is 50.7 Å². The molecule has 1 amide bonds. The van der Waals surface area contributed by atoms with E-state index in [4.69, 9.17) is 32.7 Å². The Labute approximate surface area is 283 Å². The van der Waals surface area contributed by atoms with Gasteiger partial charge in [-0.2, -0.15) is 0 Å². The number of carboxylic acid groups (broad SMARTS) is 1. The average molecular weight is 684 g/mol. The van der Waals surface area contributed by atoms with Gasteiger partial charge in [0.05, 0.1) is 58.7 Å². The molecule has 3 aromatic rings. The number of halogens is 3. The molecule has 12 heteroatoms. The highest BCUT2D eigenvalue weighted by molar-refractivity contribution is 6.40. The van der Waals surface area contributed by atoms with Crippen LogP contribution in [0.5, 0.6) is 5.75 Å². The maximum atomic E-state index is 15.7. The van der Waals surface area contributed by atoms with Crippen LogP contribution in [0.1, 0.15) is 52.5 Å². The van der Waals surface area contributed by atoms with Crippen molar-refractivity contribution in [2.24, 2.45) is 0 Å². The monoisotopic (exact) mass is 682 g/mol. The summed E-state index contributed by atoms with van der Waals surface area (Å²) in [6.45, 7) is 5.95. The van der Waals surface area contributed by atoms with Crippen LogP contribution in [0.3, 0.4) is 0 Å². The summed E-state index contributed by atoms with van der Waals surface area (Å²) >= 11 is 13.5. The number of piperazine rings is 1. The Morgan fingerprint density at radius 2 is 1.74 bits per heavy atom. The quantitative estimate of drug-likeness (QED) is 0.320. The van der Waals surface area contributed by atoms with Crippen molar-refractivity contribution in [1.29, 1.82) is 0 Å². The maximum Gasteiger partial charge on any atom is 0.337 e. The fraction of sp³-hybridized carbons (Fsp3) is 0.429. The number of aromatic carboxylic acids is 1. The van der Waals surface area contributed by atoms with E-state index < -0.39 is 11.8 Å². The van der Waals surface area contributed by atoms with Gasteiger partial charge in [-0.1, -0.05) is 48.3 Å². The molecular formula is C35H37Cl2FN4O5. The van der Waals surface area contributed by atoms with E-state index in [1.807, 2.05) is 18.2 Å². The zero-order valence-electron chi connectivity index (χ0n) is 26.3. The number of hydrogen-bond acceptors (Lipinski definition) is 7. The first kappa shape index (κ1) is 32.0. The molecule has 0 aromatic heterocycles. The predicted molar refractivity (Wildman–Crippen MR) is 180 cm³/mol. The predicted octanol–water partition coefficient (Wildman–Crippen LogP) is 6.39. The Kier molecular flexibility index (Phi) is 8.72. The number of ether oxygens (including phenoxy) is 2. The molecule has 3 saturated heterocycles. The van der Waals surface area contributed by atoms with Crippen molar-refractivity contribution in [3.8, 4) is 16.9 Å². The topological polar surface area (TPSA) is 85.8 Å². The molecule has 0 spiro atoms. The second-order valence-electron chi connectivity index (χ2n) is 12.9. The van der Waals surface area contributed by atoms with Crippen LogP contribution in [-0.4, -0.2) is 91.5 Å². The first-order valence-corrected chi connectivity index (χ1v) is 16.8. The van der Waals surface area contributed by atoms with Crippen LogP contribution in [0.15, 0.2) is 42.5 Å². The number of hydrogen-bond donors (Lipinski definition) is 1. The van der Waals surface area contributed by atoms with Crippen molar-refractivity contribution in [2.45, 2.75) is 50.9 Å². The average Bonchev–Trinajstić information content (AvgIpc) is 3.30. The third-order valence-corrected chi connectivity index (χ3v) is 10.6. The number of benzene rings is 3. The molecule has 4 aliphatic heterocycles. The number of fused-ring (bicyclic) bond motifs is 3. The van der Waals surface area contributed by atoms with Gasteiger partial charge in [0.15, 0.2) is 6.73 Å². The molecule has 248 valence electrons. The van der Waals surface area contributed by atoms with E-state index in [1.54, 1.807) is 18.2 Å². The van der Waals surface area contributed by atoms with E-state index in [9.17, 15) is 14.7 Å². The zero-order valence-corrected chi connectivity index (χ0v) is 27.9. The number of carboxylic acids is 1. The van der Waals surface area contributed by atoms with Gasteiger partial charge in [-0.05, 0) is 50.6 Å². The van der Waals surface area contributed by atoms with Crippen molar-refractivity contribution in [2.75, 3.05) is 56.4 Å². The van der Waals surface area contributed by atoms with E-state index >= 15 is 4.39 Å². The fourth-order valence-corrected chi connectivity index (χ4v) is 8.22. The third kappa shape index (κ3) is 5.79. The molecule has 2 unspecified atom stereocenters. The van der Waals surface area contributed by atoms with Crippen LogP contribution >= 0.6 is 23.2 Å². The molecule has 9 nitrogen and oxygen atoms in total. The lowest BCUT2D eigenvalue weighted by Gasteiger charge is -2.41. The van der Waals surface area contributed by atoms with Gasteiger partial charge in [-0.15, -0.1) is 0 Å². The minimum absolute atomic E-state index is 0.0352. The number of rotatable bonds is 6. The first-order valence-electron chi connectivity index (χ1n) is 16.1. The summed E-state index contributed by atoms with van der Waals surface area (Å²) in [7, 11) is 2.11. The summed E-state index contributed by atoms with van der Waals surface area (Å²) in [5, 5.41) is 10.5. The third-order valence-electron chi connectivity index (χ3n) is 9.96. The van der Waals surface area contributed by atoms with E-state index in [2.05, 4.69) is 28.7 Å². The summed E-state index contributed by atoms with van der Waals surface area (Å²) in [6, 6.07) is 12.1. The summed E-state index contributed by atoms with van der Waals surface area (Å²) in [6.07, 6.45) is 2.74. The number of carbonyl (C=O) groups is 2. The highest BCUT2D eigenvalue weighted by Crippen LogP contribution is 2.43. The Morgan fingerprint density at radius 1 is 1.02 bits per heavy atom. The summed E-state index contributed by atoms with van der Waals surface area (Å²) < 4.78 is 27.6. The second-order valence-corrected chi connectivity index (χ2v) is 13.7. The molecule has 4 aliphatic rings. The van der Waals surface area contributed by atoms with E-state index in [-0.39, 0.29) is 58.0 Å². The standard InChI is InChI=1S/C35H37Cl2FN4O5/c1-3-21-16-39(2)9-10-41(21)24-11-28(36)32(29(37)12-24)34(43)40-15-20-5-4-6-25(33(20)47-19-40)26-14-31(27(35(44)45)13-30(26)38)42-22-7-8-23(42)18-46-17-22/h4-6,11-14,21-23H,3,7-10,15-19H2,1-2H3,(H,44,45)/t21-,22?,23?/m1/s1. The van der Waals surface area contributed by atoms with Crippen LogP contribution < -0.4 is 14.5 Å². The van der Waals surface area contributed by atoms with Gasteiger partial charge in [0.1, 0.15) is 11.6 Å². The van der Waals surface area contributed by atoms with Crippen LogP contribution in [-0.2, 0) is 11.3 Å². The Bertz CT molecular complexity index is 1700. The lowest BCUT2D eigenvalue weighted by atomic mass is 9.96. The summed E-state index contributed by atoms with van der Waals surface area (Å²) in [5.41, 5.74) is 2.91. The Balaban J connectivity index is 1.17.